The Kier molecular flexibility index (Phi) is 6.01. The van der Waals surface area contributed by atoms with E-state index in [1.807, 2.05) is 0 Å². The lowest BCUT2D eigenvalue weighted by Crippen LogP contribution is -2.22. The van der Waals surface area contributed by atoms with E-state index in [-0.39, 0.29) is 31.8 Å². The number of ether oxygens (including phenoxy) is 1. The Morgan fingerprint density at radius 2 is 2.17 bits per heavy atom. The largest absolute Gasteiger partial charge is 0.502 e. The lowest BCUT2D eigenvalue weighted by Gasteiger charge is -2.18. The molecule has 1 unspecified atom stereocenters. The number of benzene rings is 1. The van der Waals surface area contributed by atoms with Crippen molar-refractivity contribution in [2.45, 2.75) is 13.0 Å². The minimum Gasteiger partial charge on any atom is -0.502 e. The van der Waals surface area contributed by atoms with Gasteiger partial charge in [-0.25, -0.2) is 14.4 Å². The van der Waals surface area contributed by atoms with Crippen LogP contribution in [0, 0.1) is 5.82 Å². The molecule has 0 radical (unpaired) electrons. The molecule has 1 aromatic carbocycles. The number of imide groups is 1. The van der Waals surface area contributed by atoms with Crippen LogP contribution in [-0.4, -0.2) is 38.2 Å². The van der Waals surface area contributed by atoms with Gasteiger partial charge in [-0.1, -0.05) is 0 Å². The topological polar surface area (TPSA) is 119 Å². The van der Waals surface area contributed by atoms with Crippen LogP contribution in [-0.2, 0) is 4.79 Å². The SMILES string of the molecule is CC(Oc1cc(/C=C2\SC(=O)N(C)C2=O)c(Br)c(F)c1O)c1cnc(Cl)nc1N. The molecule has 1 atom stereocenters. The lowest BCUT2D eigenvalue weighted by molar-refractivity contribution is -0.121. The molecule has 29 heavy (non-hydrogen) atoms. The fourth-order valence-corrected chi connectivity index (χ4v) is 3.82. The number of aromatic nitrogens is 2. The number of amides is 2. The number of likely N-dealkylation sites (N-methyl/N-ethyl adjacent to an activating group) is 1. The number of rotatable bonds is 4. The first kappa shape index (κ1) is 21.3. The van der Waals surface area contributed by atoms with Gasteiger partial charge in [-0.2, -0.15) is 0 Å². The summed E-state index contributed by atoms with van der Waals surface area (Å²) in [6.07, 6.45) is 1.94. The van der Waals surface area contributed by atoms with Crippen molar-refractivity contribution >= 4 is 62.3 Å². The number of phenolic OH excluding ortho intramolecular Hbond substituents is 1. The molecule has 2 amide bonds. The maximum atomic E-state index is 14.5. The number of carbonyl (C=O) groups excluding carboxylic acids is 2. The van der Waals surface area contributed by atoms with E-state index in [4.69, 9.17) is 22.1 Å². The lowest BCUT2D eigenvalue weighted by atomic mass is 10.1. The maximum absolute atomic E-state index is 14.5. The van der Waals surface area contributed by atoms with Crippen LogP contribution in [0.1, 0.15) is 24.2 Å². The van der Waals surface area contributed by atoms with Crippen LogP contribution in [0.3, 0.4) is 0 Å². The van der Waals surface area contributed by atoms with E-state index >= 15 is 0 Å². The molecule has 12 heteroatoms. The molecule has 0 saturated carbocycles. The van der Waals surface area contributed by atoms with Gasteiger partial charge in [-0.05, 0) is 63.9 Å². The standard InChI is InChI=1S/C17H13BrClFN4O4S/c1-6(8-5-22-16(19)23-14(8)21)28-9-3-7(11(18)12(20)13(9)25)4-10-15(26)24(2)17(27)29-10/h3-6,25H,1-2H3,(H2,21,22,23)/b10-4-. The molecule has 1 aliphatic rings. The van der Waals surface area contributed by atoms with Crippen LogP contribution < -0.4 is 10.5 Å². The predicted molar refractivity (Wildman–Crippen MR) is 110 cm³/mol. The number of halogens is 3. The highest BCUT2D eigenvalue weighted by Gasteiger charge is 2.32. The van der Waals surface area contributed by atoms with Gasteiger partial charge in [-0.15, -0.1) is 0 Å². The number of thioether (sulfide) groups is 1. The third-order valence-corrected chi connectivity index (χ3v) is 5.96. The Balaban J connectivity index is 1.98. The Labute approximate surface area is 182 Å². The van der Waals surface area contributed by atoms with E-state index in [1.165, 1.54) is 25.4 Å². The number of aromatic hydroxyl groups is 1. The second-order valence-electron chi connectivity index (χ2n) is 5.92. The van der Waals surface area contributed by atoms with Gasteiger partial charge in [0.25, 0.3) is 11.1 Å². The van der Waals surface area contributed by atoms with E-state index in [9.17, 15) is 19.1 Å². The number of hydrogen-bond acceptors (Lipinski definition) is 8. The van der Waals surface area contributed by atoms with Gasteiger partial charge in [0, 0.05) is 13.2 Å². The van der Waals surface area contributed by atoms with Crippen molar-refractivity contribution in [1.82, 2.24) is 14.9 Å². The third-order valence-electron chi connectivity index (χ3n) is 4.01. The van der Waals surface area contributed by atoms with E-state index in [0.29, 0.717) is 5.56 Å². The summed E-state index contributed by atoms with van der Waals surface area (Å²) >= 11 is 9.44. The summed E-state index contributed by atoms with van der Waals surface area (Å²) in [6, 6.07) is 1.33. The monoisotopic (exact) mass is 502 g/mol. The maximum Gasteiger partial charge on any atom is 0.293 e. The van der Waals surface area contributed by atoms with Gasteiger partial charge in [0.15, 0.2) is 17.3 Å². The van der Waals surface area contributed by atoms with Crippen LogP contribution in [0.15, 0.2) is 21.6 Å². The quantitative estimate of drug-likeness (QED) is 0.472. The van der Waals surface area contributed by atoms with Crippen molar-refractivity contribution in [3.8, 4) is 11.5 Å². The number of anilines is 1. The molecular weight excluding hydrogens is 491 g/mol. The number of nitrogens with zero attached hydrogens (tertiary/aromatic N) is 3. The Bertz CT molecular complexity index is 1070. The third kappa shape index (κ3) is 4.16. The summed E-state index contributed by atoms with van der Waals surface area (Å²) in [7, 11) is 1.35. The zero-order valence-corrected chi connectivity index (χ0v) is 18.1. The minimum atomic E-state index is -0.989. The first-order valence-corrected chi connectivity index (χ1v) is 9.96. The molecule has 1 saturated heterocycles. The van der Waals surface area contributed by atoms with Crippen LogP contribution >= 0.6 is 39.3 Å². The molecule has 1 aromatic heterocycles. The molecule has 3 rings (SSSR count). The van der Waals surface area contributed by atoms with Gasteiger partial charge in [0.1, 0.15) is 11.9 Å². The molecule has 0 spiro atoms. The molecular formula is C17H13BrClFN4O4S. The van der Waals surface area contributed by atoms with Crippen molar-refractivity contribution in [2.75, 3.05) is 12.8 Å². The predicted octanol–water partition coefficient (Wildman–Crippen LogP) is 4.13. The highest BCUT2D eigenvalue weighted by molar-refractivity contribution is 9.10. The van der Waals surface area contributed by atoms with Crippen LogP contribution in [0.4, 0.5) is 15.0 Å². The average Bonchev–Trinajstić information content (AvgIpc) is 2.90. The number of nitrogens with two attached hydrogens (primary N) is 1. The summed E-state index contributed by atoms with van der Waals surface area (Å²) < 4.78 is 20.1. The van der Waals surface area contributed by atoms with Crippen molar-refractivity contribution in [2.24, 2.45) is 0 Å². The van der Waals surface area contributed by atoms with Crippen molar-refractivity contribution in [3.63, 3.8) is 0 Å². The molecule has 0 aliphatic carbocycles. The Morgan fingerprint density at radius 3 is 2.76 bits per heavy atom. The summed E-state index contributed by atoms with van der Waals surface area (Å²) in [5, 5.41) is 9.66. The summed E-state index contributed by atoms with van der Waals surface area (Å²) in [5.74, 6) is -2.36. The number of hydrogen-bond donors (Lipinski definition) is 2. The van der Waals surface area contributed by atoms with E-state index in [1.54, 1.807) is 6.92 Å². The molecule has 2 heterocycles. The van der Waals surface area contributed by atoms with Crippen molar-refractivity contribution < 1.29 is 23.8 Å². The van der Waals surface area contributed by atoms with Crippen LogP contribution in [0.2, 0.25) is 5.28 Å². The number of nitrogen functional groups attached to an aromatic ring is 1. The fourth-order valence-electron chi connectivity index (χ4n) is 2.44. The van der Waals surface area contributed by atoms with Crippen molar-refractivity contribution in [1.29, 1.82) is 0 Å². The Morgan fingerprint density at radius 1 is 1.48 bits per heavy atom. The second kappa shape index (κ2) is 8.17. The van der Waals surface area contributed by atoms with Gasteiger partial charge in [0.2, 0.25) is 5.28 Å². The molecule has 0 bridgehead atoms. The highest BCUT2D eigenvalue weighted by Crippen LogP contribution is 2.41. The number of carbonyl (C=O) groups is 2. The zero-order chi connectivity index (χ0) is 21.5. The van der Waals surface area contributed by atoms with E-state index in [2.05, 4.69) is 25.9 Å². The molecule has 8 nitrogen and oxygen atoms in total. The van der Waals surface area contributed by atoms with Crippen LogP contribution in [0.5, 0.6) is 11.5 Å². The van der Waals surface area contributed by atoms with Gasteiger partial charge in [-0.3, -0.25) is 14.5 Å². The van der Waals surface area contributed by atoms with Gasteiger partial charge < -0.3 is 15.6 Å². The Hall–Kier alpha value is -2.37. The van der Waals surface area contributed by atoms with E-state index < -0.39 is 28.8 Å². The average molecular weight is 504 g/mol. The molecule has 1 aliphatic heterocycles. The fraction of sp³-hybridized carbons (Fsp3) is 0.176. The van der Waals surface area contributed by atoms with Gasteiger partial charge >= 0.3 is 0 Å². The summed E-state index contributed by atoms with van der Waals surface area (Å²) in [6.45, 7) is 1.60. The highest BCUT2D eigenvalue weighted by atomic mass is 79.9. The summed E-state index contributed by atoms with van der Waals surface area (Å²) in [4.78, 5) is 32.5. The number of phenols is 1. The molecule has 1 fully saturated rings. The molecule has 152 valence electrons. The zero-order valence-electron chi connectivity index (χ0n) is 14.9. The van der Waals surface area contributed by atoms with Crippen LogP contribution in [0.25, 0.3) is 6.08 Å². The normalized spacial score (nSPS) is 16.6. The van der Waals surface area contributed by atoms with Crippen molar-refractivity contribution in [3.05, 3.63) is 43.9 Å². The molecule has 3 N–H and O–H groups in total. The smallest absolute Gasteiger partial charge is 0.293 e. The first-order chi connectivity index (χ1) is 13.6. The first-order valence-electron chi connectivity index (χ1n) is 7.97. The molecule has 2 aromatic rings. The summed E-state index contributed by atoms with van der Waals surface area (Å²) in [5.41, 5.74) is 6.38. The second-order valence-corrected chi connectivity index (χ2v) is 8.05. The van der Waals surface area contributed by atoms with E-state index in [0.717, 1.165) is 16.7 Å². The van der Waals surface area contributed by atoms with Gasteiger partial charge in [0.05, 0.1) is 14.9 Å². The minimum absolute atomic E-state index is 0.0388.